The van der Waals surface area contributed by atoms with Crippen molar-refractivity contribution in [1.29, 1.82) is 0 Å². The molecule has 1 saturated heterocycles. The predicted octanol–water partition coefficient (Wildman–Crippen LogP) is 1.25. The minimum Gasteiger partial charge on any atom is -0.350 e. The van der Waals surface area contributed by atoms with Crippen LogP contribution in [0.5, 0.6) is 0 Å². The van der Waals surface area contributed by atoms with Gasteiger partial charge in [-0.15, -0.1) is 0 Å². The molecule has 0 bridgehead atoms. The first-order chi connectivity index (χ1) is 9.15. The summed E-state index contributed by atoms with van der Waals surface area (Å²) in [5.41, 5.74) is 1.92. The highest BCUT2D eigenvalue weighted by atomic mass is 19.1. The van der Waals surface area contributed by atoms with Crippen LogP contribution in [-0.4, -0.2) is 35.0 Å². The SMILES string of the molecule is Cn1cc(CN2CCNCC2=O)c2ccc(F)cc21. The molecule has 1 fully saturated rings. The number of benzene rings is 1. The Bertz CT molecular complexity index is 635. The number of halogens is 1. The molecule has 1 aromatic heterocycles. The van der Waals surface area contributed by atoms with Crippen molar-refractivity contribution in [2.45, 2.75) is 6.54 Å². The monoisotopic (exact) mass is 261 g/mol. The molecule has 0 saturated carbocycles. The fourth-order valence-electron chi connectivity index (χ4n) is 2.59. The summed E-state index contributed by atoms with van der Waals surface area (Å²) in [6.45, 7) is 2.53. The second-order valence-electron chi connectivity index (χ2n) is 4.92. The summed E-state index contributed by atoms with van der Waals surface area (Å²) in [7, 11) is 1.89. The molecule has 4 nitrogen and oxygen atoms in total. The van der Waals surface area contributed by atoms with E-state index in [1.165, 1.54) is 12.1 Å². The third-order valence-corrected chi connectivity index (χ3v) is 3.58. The Kier molecular flexibility index (Phi) is 2.98. The van der Waals surface area contributed by atoms with Crippen LogP contribution in [0.1, 0.15) is 5.56 Å². The molecule has 0 atom stereocenters. The maximum atomic E-state index is 13.3. The highest BCUT2D eigenvalue weighted by Gasteiger charge is 2.19. The molecular formula is C14H16FN3O. The fraction of sp³-hybridized carbons (Fsp3) is 0.357. The number of nitrogens with one attached hydrogen (secondary N) is 1. The molecule has 3 rings (SSSR count). The summed E-state index contributed by atoms with van der Waals surface area (Å²) in [6, 6.07) is 4.77. The molecule has 0 unspecified atom stereocenters. The first kappa shape index (κ1) is 12.2. The Morgan fingerprint density at radius 3 is 3.05 bits per heavy atom. The van der Waals surface area contributed by atoms with Crippen LogP contribution in [0.3, 0.4) is 0 Å². The van der Waals surface area contributed by atoms with Crippen molar-refractivity contribution in [2.75, 3.05) is 19.6 Å². The highest BCUT2D eigenvalue weighted by Crippen LogP contribution is 2.23. The van der Waals surface area contributed by atoms with Crippen LogP contribution in [0.4, 0.5) is 4.39 Å². The van der Waals surface area contributed by atoms with Crippen molar-refractivity contribution in [3.63, 3.8) is 0 Å². The molecule has 0 spiro atoms. The van der Waals surface area contributed by atoms with E-state index in [4.69, 9.17) is 0 Å². The number of fused-ring (bicyclic) bond motifs is 1. The molecule has 19 heavy (non-hydrogen) atoms. The minimum absolute atomic E-state index is 0.116. The van der Waals surface area contributed by atoms with E-state index < -0.39 is 0 Å². The molecule has 1 aromatic carbocycles. The molecule has 1 amide bonds. The van der Waals surface area contributed by atoms with E-state index in [1.807, 2.05) is 22.7 Å². The molecule has 1 aliphatic rings. The van der Waals surface area contributed by atoms with E-state index in [1.54, 1.807) is 6.07 Å². The Morgan fingerprint density at radius 2 is 2.26 bits per heavy atom. The molecule has 1 N–H and O–H groups in total. The first-order valence-electron chi connectivity index (χ1n) is 6.37. The van der Waals surface area contributed by atoms with E-state index in [9.17, 15) is 9.18 Å². The average Bonchev–Trinajstić information content (AvgIpc) is 2.69. The van der Waals surface area contributed by atoms with Crippen LogP contribution in [0, 0.1) is 5.82 Å². The topological polar surface area (TPSA) is 37.3 Å². The molecule has 0 aliphatic carbocycles. The van der Waals surface area contributed by atoms with Gasteiger partial charge in [0.2, 0.25) is 5.91 Å². The Labute approximate surface area is 110 Å². The predicted molar refractivity (Wildman–Crippen MR) is 71.2 cm³/mol. The molecule has 2 heterocycles. The zero-order valence-corrected chi connectivity index (χ0v) is 10.8. The van der Waals surface area contributed by atoms with Gasteiger partial charge in [0, 0.05) is 38.3 Å². The quantitative estimate of drug-likeness (QED) is 0.883. The van der Waals surface area contributed by atoms with Gasteiger partial charge >= 0.3 is 0 Å². The minimum atomic E-state index is -0.238. The van der Waals surface area contributed by atoms with Crippen LogP contribution in [-0.2, 0) is 18.4 Å². The molecule has 0 radical (unpaired) electrons. The lowest BCUT2D eigenvalue weighted by Crippen LogP contribution is -2.47. The number of carbonyl (C=O) groups is 1. The normalized spacial score (nSPS) is 16.3. The van der Waals surface area contributed by atoms with Crippen molar-refractivity contribution in [3.8, 4) is 0 Å². The van der Waals surface area contributed by atoms with Crippen molar-refractivity contribution < 1.29 is 9.18 Å². The first-order valence-corrected chi connectivity index (χ1v) is 6.37. The number of nitrogens with zero attached hydrogens (tertiary/aromatic N) is 2. The number of piperazine rings is 1. The Morgan fingerprint density at radius 1 is 1.42 bits per heavy atom. The summed E-state index contributed by atoms with van der Waals surface area (Å²) < 4.78 is 15.2. The Hall–Kier alpha value is -1.88. The molecule has 5 heteroatoms. The van der Waals surface area contributed by atoms with Gasteiger partial charge in [-0.25, -0.2) is 4.39 Å². The lowest BCUT2D eigenvalue weighted by Gasteiger charge is -2.27. The van der Waals surface area contributed by atoms with Crippen LogP contribution >= 0.6 is 0 Å². The lowest BCUT2D eigenvalue weighted by molar-refractivity contribution is -0.132. The summed E-state index contributed by atoms with van der Waals surface area (Å²) >= 11 is 0. The van der Waals surface area contributed by atoms with Crippen LogP contribution in [0.2, 0.25) is 0 Å². The summed E-state index contributed by atoms with van der Waals surface area (Å²) in [5.74, 6) is -0.121. The smallest absolute Gasteiger partial charge is 0.236 e. The number of carbonyl (C=O) groups excluding carboxylic acids is 1. The number of hydrogen-bond donors (Lipinski definition) is 1. The van der Waals surface area contributed by atoms with Crippen molar-refractivity contribution in [2.24, 2.45) is 7.05 Å². The van der Waals surface area contributed by atoms with E-state index in [0.717, 1.165) is 29.6 Å². The Balaban J connectivity index is 1.94. The second-order valence-corrected chi connectivity index (χ2v) is 4.92. The van der Waals surface area contributed by atoms with E-state index >= 15 is 0 Å². The third-order valence-electron chi connectivity index (χ3n) is 3.58. The maximum Gasteiger partial charge on any atom is 0.236 e. The van der Waals surface area contributed by atoms with Crippen molar-refractivity contribution >= 4 is 16.8 Å². The van der Waals surface area contributed by atoms with Crippen molar-refractivity contribution in [3.05, 3.63) is 35.8 Å². The second kappa shape index (κ2) is 4.66. The van der Waals surface area contributed by atoms with Gasteiger partial charge in [0.05, 0.1) is 12.1 Å². The highest BCUT2D eigenvalue weighted by molar-refractivity contribution is 5.85. The standard InChI is InChI=1S/C14H16FN3O/c1-17-8-10(9-18-5-4-16-7-14(18)19)12-3-2-11(15)6-13(12)17/h2-3,6,8,16H,4-5,7,9H2,1H3. The van der Waals surface area contributed by atoms with Gasteiger partial charge in [0.25, 0.3) is 0 Å². The van der Waals surface area contributed by atoms with E-state index in [2.05, 4.69) is 5.32 Å². The fourth-order valence-corrected chi connectivity index (χ4v) is 2.59. The number of aromatic nitrogens is 1. The zero-order valence-electron chi connectivity index (χ0n) is 10.8. The van der Waals surface area contributed by atoms with Crippen molar-refractivity contribution in [1.82, 2.24) is 14.8 Å². The summed E-state index contributed by atoms with van der Waals surface area (Å²) in [4.78, 5) is 13.6. The summed E-state index contributed by atoms with van der Waals surface area (Å²) in [6.07, 6.45) is 1.97. The molecule has 1 aliphatic heterocycles. The lowest BCUT2D eigenvalue weighted by atomic mass is 10.1. The molecule has 2 aromatic rings. The number of hydrogen-bond acceptors (Lipinski definition) is 2. The van der Waals surface area contributed by atoms with Gasteiger partial charge < -0.3 is 14.8 Å². The largest absolute Gasteiger partial charge is 0.350 e. The third kappa shape index (κ3) is 2.21. The number of aryl methyl sites for hydroxylation is 1. The summed E-state index contributed by atoms with van der Waals surface area (Å²) in [5, 5.41) is 4.06. The zero-order chi connectivity index (χ0) is 13.4. The molecular weight excluding hydrogens is 245 g/mol. The van der Waals surface area contributed by atoms with Gasteiger partial charge in [-0.3, -0.25) is 4.79 Å². The van der Waals surface area contributed by atoms with Gasteiger partial charge in [0.1, 0.15) is 5.82 Å². The van der Waals surface area contributed by atoms with Gasteiger partial charge in [-0.05, 0) is 23.8 Å². The van der Waals surface area contributed by atoms with E-state index in [-0.39, 0.29) is 11.7 Å². The number of amides is 1. The average molecular weight is 261 g/mol. The van der Waals surface area contributed by atoms with Crippen LogP contribution < -0.4 is 5.32 Å². The van der Waals surface area contributed by atoms with Gasteiger partial charge in [-0.1, -0.05) is 0 Å². The van der Waals surface area contributed by atoms with Gasteiger partial charge in [0.15, 0.2) is 0 Å². The van der Waals surface area contributed by atoms with E-state index in [0.29, 0.717) is 13.1 Å². The van der Waals surface area contributed by atoms with Crippen LogP contribution in [0.25, 0.3) is 10.9 Å². The molecule has 100 valence electrons. The maximum absolute atomic E-state index is 13.3. The van der Waals surface area contributed by atoms with Crippen LogP contribution in [0.15, 0.2) is 24.4 Å². The van der Waals surface area contributed by atoms with Gasteiger partial charge in [-0.2, -0.15) is 0 Å². The number of rotatable bonds is 2.